The van der Waals surface area contributed by atoms with Gasteiger partial charge in [0.25, 0.3) is 0 Å². The number of aromatic nitrogens is 1. The Morgan fingerprint density at radius 3 is 2.19 bits per heavy atom. The molecule has 27 heavy (non-hydrogen) atoms. The van der Waals surface area contributed by atoms with E-state index in [1.54, 1.807) is 18.3 Å². The first-order valence-corrected chi connectivity index (χ1v) is 9.14. The van der Waals surface area contributed by atoms with Gasteiger partial charge in [-0.25, -0.2) is 0 Å². The number of aromatic hydroxyl groups is 1. The van der Waals surface area contributed by atoms with E-state index in [0.29, 0.717) is 10.8 Å². The van der Waals surface area contributed by atoms with Gasteiger partial charge in [-0.3, -0.25) is 4.98 Å². The van der Waals surface area contributed by atoms with Crippen molar-refractivity contribution in [3.63, 3.8) is 0 Å². The molecule has 134 valence electrons. The molecule has 0 unspecified atom stereocenters. The minimum Gasteiger partial charge on any atom is -0.508 e. The van der Waals surface area contributed by atoms with E-state index in [4.69, 9.17) is 16.3 Å². The molecule has 0 fully saturated rings. The molecule has 0 aliphatic carbocycles. The number of hydrogen-bond donors (Lipinski definition) is 1. The lowest BCUT2D eigenvalue weighted by Gasteiger charge is -2.09. The van der Waals surface area contributed by atoms with Crippen LogP contribution in [0, 0.1) is 0 Å². The number of aryl methyl sites for hydroxylation is 2. The number of hydrogen-bond acceptors (Lipinski definition) is 3. The van der Waals surface area contributed by atoms with Crippen LogP contribution < -0.4 is 4.74 Å². The first kappa shape index (κ1) is 17.4. The predicted molar refractivity (Wildman–Crippen MR) is 109 cm³/mol. The second-order valence-corrected chi connectivity index (χ2v) is 6.82. The molecule has 0 aliphatic heterocycles. The molecule has 0 atom stereocenters. The zero-order valence-electron chi connectivity index (χ0n) is 14.6. The maximum atomic E-state index is 9.35. The lowest BCUT2D eigenvalue weighted by atomic mass is 10.0. The summed E-state index contributed by atoms with van der Waals surface area (Å²) in [6.07, 6.45) is 3.58. The van der Waals surface area contributed by atoms with E-state index < -0.39 is 0 Å². The first-order chi connectivity index (χ1) is 13.2. The fourth-order valence-corrected chi connectivity index (χ4v) is 3.15. The van der Waals surface area contributed by atoms with Gasteiger partial charge in [0, 0.05) is 16.6 Å². The quantitative estimate of drug-likeness (QED) is 0.453. The van der Waals surface area contributed by atoms with Gasteiger partial charge in [0.05, 0.1) is 5.52 Å². The number of nitrogens with zero attached hydrogens (tertiary/aromatic N) is 1. The van der Waals surface area contributed by atoms with Crippen LogP contribution >= 0.6 is 11.6 Å². The number of pyridine rings is 1. The fraction of sp³-hybridized carbons (Fsp3) is 0.0870. The van der Waals surface area contributed by atoms with Crippen LogP contribution in [-0.2, 0) is 12.8 Å². The van der Waals surface area contributed by atoms with Gasteiger partial charge >= 0.3 is 0 Å². The summed E-state index contributed by atoms with van der Waals surface area (Å²) in [5, 5.41) is 10.9. The molecular formula is C23H18ClNO2. The van der Waals surface area contributed by atoms with Crippen LogP contribution in [0.4, 0.5) is 0 Å². The number of halogens is 1. The van der Waals surface area contributed by atoms with E-state index in [1.165, 1.54) is 11.1 Å². The third-order valence-corrected chi connectivity index (χ3v) is 4.69. The molecule has 4 rings (SSSR count). The van der Waals surface area contributed by atoms with Crippen molar-refractivity contribution in [3.8, 4) is 17.2 Å². The Bertz CT molecular complexity index is 1060. The van der Waals surface area contributed by atoms with E-state index >= 15 is 0 Å². The second-order valence-electron chi connectivity index (χ2n) is 6.38. The van der Waals surface area contributed by atoms with Gasteiger partial charge < -0.3 is 9.84 Å². The van der Waals surface area contributed by atoms with Crippen molar-refractivity contribution in [1.82, 2.24) is 4.98 Å². The molecule has 3 nitrogen and oxygen atoms in total. The van der Waals surface area contributed by atoms with Crippen molar-refractivity contribution in [2.75, 3.05) is 0 Å². The highest BCUT2D eigenvalue weighted by molar-refractivity contribution is 6.31. The third-order valence-electron chi connectivity index (χ3n) is 4.45. The molecule has 0 aliphatic rings. The van der Waals surface area contributed by atoms with Crippen molar-refractivity contribution < 1.29 is 9.84 Å². The summed E-state index contributed by atoms with van der Waals surface area (Å²) in [7, 11) is 0. The van der Waals surface area contributed by atoms with Crippen LogP contribution in [0.3, 0.4) is 0 Å². The molecule has 0 bridgehead atoms. The molecule has 3 aromatic carbocycles. The number of fused-ring (bicyclic) bond motifs is 1. The largest absolute Gasteiger partial charge is 0.508 e. The molecule has 0 spiro atoms. The molecule has 1 N–H and O–H groups in total. The SMILES string of the molecule is Oc1ccc(CCc2ccc(Oc3ccnc4cc(Cl)ccc34)cc2)cc1. The standard InChI is InChI=1S/C23H18ClNO2/c24-18-7-12-21-22(15-18)25-14-13-23(21)27-20-10-5-17(6-11-20)2-1-16-3-8-19(26)9-4-16/h3-15,26H,1-2H2. The maximum absolute atomic E-state index is 9.35. The average molecular weight is 376 g/mol. The number of ether oxygens (including phenoxy) is 1. The van der Waals surface area contributed by atoms with Gasteiger partial charge in [-0.15, -0.1) is 0 Å². The van der Waals surface area contributed by atoms with Crippen molar-refractivity contribution in [1.29, 1.82) is 0 Å². The van der Waals surface area contributed by atoms with Crippen molar-refractivity contribution >= 4 is 22.5 Å². The Kier molecular flexibility index (Phi) is 4.95. The molecule has 0 radical (unpaired) electrons. The van der Waals surface area contributed by atoms with Gasteiger partial charge in [-0.1, -0.05) is 35.9 Å². The molecule has 1 heterocycles. The van der Waals surface area contributed by atoms with E-state index in [0.717, 1.165) is 35.2 Å². The molecule has 4 aromatic rings. The van der Waals surface area contributed by atoms with Crippen LogP contribution in [0.1, 0.15) is 11.1 Å². The second kappa shape index (κ2) is 7.68. The van der Waals surface area contributed by atoms with Crippen LogP contribution in [0.25, 0.3) is 10.9 Å². The Morgan fingerprint density at radius 2 is 1.48 bits per heavy atom. The van der Waals surface area contributed by atoms with E-state index in [-0.39, 0.29) is 0 Å². The molecule has 0 saturated heterocycles. The lowest BCUT2D eigenvalue weighted by molar-refractivity contribution is 0.475. The Morgan fingerprint density at radius 1 is 0.815 bits per heavy atom. The molecular weight excluding hydrogens is 358 g/mol. The zero-order chi connectivity index (χ0) is 18.6. The molecule has 1 aromatic heterocycles. The summed E-state index contributed by atoms with van der Waals surface area (Å²) >= 11 is 6.04. The minimum atomic E-state index is 0.297. The Hall–Kier alpha value is -3.04. The van der Waals surface area contributed by atoms with E-state index in [9.17, 15) is 5.11 Å². The van der Waals surface area contributed by atoms with Crippen molar-refractivity contribution in [3.05, 3.63) is 95.1 Å². The Labute approximate surface area is 162 Å². The predicted octanol–water partition coefficient (Wildman–Crippen LogP) is 6.17. The molecule has 4 heteroatoms. The number of benzene rings is 3. The molecule has 0 saturated carbocycles. The van der Waals surface area contributed by atoms with E-state index in [2.05, 4.69) is 17.1 Å². The Balaban J connectivity index is 1.46. The van der Waals surface area contributed by atoms with Crippen LogP contribution in [-0.4, -0.2) is 10.1 Å². The van der Waals surface area contributed by atoms with Gasteiger partial charge in [-0.05, 0) is 72.5 Å². The van der Waals surface area contributed by atoms with Crippen molar-refractivity contribution in [2.45, 2.75) is 12.8 Å². The minimum absolute atomic E-state index is 0.297. The van der Waals surface area contributed by atoms with Crippen LogP contribution in [0.2, 0.25) is 5.02 Å². The number of rotatable bonds is 5. The first-order valence-electron chi connectivity index (χ1n) is 8.76. The fourth-order valence-electron chi connectivity index (χ4n) is 2.99. The summed E-state index contributed by atoms with van der Waals surface area (Å²) in [6, 6.07) is 22.9. The summed E-state index contributed by atoms with van der Waals surface area (Å²) < 4.78 is 6.05. The zero-order valence-corrected chi connectivity index (χ0v) is 15.4. The highest BCUT2D eigenvalue weighted by Crippen LogP contribution is 2.30. The highest BCUT2D eigenvalue weighted by atomic mass is 35.5. The van der Waals surface area contributed by atoms with Gasteiger partial charge in [-0.2, -0.15) is 0 Å². The summed E-state index contributed by atoms with van der Waals surface area (Å²) in [4.78, 5) is 4.34. The highest BCUT2D eigenvalue weighted by Gasteiger charge is 2.05. The smallest absolute Gasteiger partial charge is 0.138 e. The van der Waals surface area contributed by atoms with Crippen LogP contribution in [0.5, 0.6) is 17.2 Å². The lowest BCUT2D eigenvalue weighted by Crippen LogP contribution is -1.92. The van der Waals surface area contributed by atoms with E-state index in [1.807, 2.05) is 48.5 Å². The summed E-state index contributed by atoms with van der Waals surface area (Å²) in [5.74, 6) is 1.84. The summed E-state index contributed by atoms with van der Waals surface area (Å²) in [6.45, 7) is 0. The van der Waals surface area contributed by atoms with Gasteiger partial charge in [0.15, 0.2) is 0 Å². The van der Waals surface area contributed by atoms with Crippen molar-refractivity contribution in [2.24, 2.45) is 0 Å². The summed E-state index contributed by atoms with van der Waals surface area (Å²) in [5.41, 5.74) is 3.25. The maximum Gasteiger partial charge on any atom is 0.138 e. The normalized spacial score (nSPS) is 10.9. The molecule has 0 amide bonds. The number of phenolic OH excluding ortho intramolecular Hbond substituents is 1. The van der Waals surface area contributed by atoms with Gasteiger partial charge in [0.2, 0.25) is 0 Å². The number of phenols is 1. The van der Waals surface area contributed by atoms with Gasteiger partial charge in [0.1, 0.15) is 17.2 Å². The van der Waals surface area contributed by atoms with Crippen LogP contribution in [0.15, 0.2) is 79.0 Å². The third kappa shape index (κ3) is 4.21. The topological polar surface area (TPSA) is 42.4 Å². The monoisotopic (exact) mass is 375 g/mol. The average Bonchev–Trinajstić information content (AvgIpc) is 2.68.